The number of rotatable bonds is 1. The van der Waals surface area contributed by atoms with Gasteiger partial charge >= 0.3 is 0 Å². The van der Waals surface area contributed by atoms with E-state index in [0.29, 0.717) is 12.1 Å². The van der Waals surface area contributed by atoms with Crippen molar-refractivity contribution in [1.82, 2.24) is 19.6 Å². The quantitative estimate of drug-likeness (QED) is 0.564. The maximum atomic E-state index is 10.4. The molecule has 0 saturated heterocycles. The number of carbonyl (C=O) groups excluding carboxylic acids is 1. The Balaban J connectivity index is 2.83. The number of aryl methyl sites for hydroxylation is 1. The van der Waals surface area contributed by atoms with Crippen molar-refractivity contribution >= 4 is 12.1 Å². The molecule has 0 radical (unpaired) electrons. The molecule has 0 fully saturated rings. The van der Waals surface area contributed by atoms with Gasteiger partial charge in [-0.1, -0.05) is 0 Å². The molecule has 0 atom stereocenters. The highest BCUT2D eigenvalue weighted by molar-refractivity contribution is 5.70. The van der Waals surface area contributed by atoms with E-state index in [2.05, 4.69) is 15.2 Å². The van der Waals surface area contributed by atoms with E-state index in [9.17, 15) is 4.79 Å². The molecule has 2 aromatic rings. The van der Waals surface area contributed by atoms with Crippen LogP contribution in [0.3, 0.4) is 0 Å². The van der Waals surface area contributed by atoms with Crippen molar-refractivity contribution in [2.24, 2.45) is 0 Å². The third kappa shape index (κ3) is 0.868. The van der Waals surface area contributed by atoms with Crippen molar-refractivity contribution < 1.29 is 4.79 Å². The number of hydrogen-bond donors (Lipinski definition) is 0. The van der Waals surface area contributed by atoms with E-state index < -0.39 is 0 Å². The minimum Gasteiger partial charge on any atom is -0.294 e. The second-order valence-corrected chi connectivity index (χ2v) is 2.48. The number of aromatic nitrogens is 4. The zero-order chi connectivity index (χ0) is 8.55. The van der Waals surface area contributed by atoms with Gasteiger partial charge in [0.1, 0.15) is 0 Å². The Bertz CT molecular complexity index is 434. The van der Waals surface area contributed by atoms with Crippen LogP contribution < -0.4 is 0 Å². The van der Waals surface area contributed by atoms with Crippen LogP contribution in [-0.2, 0) is 0 Å². The molecule has 2 rings (SSSR count). The summed E-state index contributed by atoms with van der Waals surface area (Å²) in [7, 11) is 0. The fourth-order valence-corrected chi connectivity index (χ4v) is 0.984. The highest BCUT2D eigenvalue weighted by Gasteiger charge is 2.03. The lowest BCUT2D eigenvalue weighted by Gasteiger charge is -1.93. The summed E-state index contributed by atoms with van der Waals surface area (Å²) in [6.45, 7) is 1.89. The highest BCUT2D eigenvalue weighted by atomic mass is 16.1. The minimum absolute atomic E-state index is 0.279. The van der Waals surface area contributed by atoms with Crippen LogP contribution in [0.25, 0.3) is 5.78 Å². The molecule has 0 aliphatic carbocycles. The second kappa shape index (κ2) is 2.37. The van der Waals surface area contributed by atoms with Crippen LogP contribution in [0.4, 0.5) is 0 Å². The zero-order valence-electron chi connectivity index (χ0n) is 6.43. The summed E-state index contributed by atoms with van der Waals surface area (Å²) < 4.78 is 1.56. The Hall–Kier alpha value is -1.78. The first kappa shape index (κ1) is 6.90. The molecule has 12 heavy (non-hydrogen) atoms. The van der Waals surface area contributed by atoms with Gasteiger partial charge in [0.15, 0.2) is 6.29 Å². The molecule has 0 spiro atoms. The van der Waals surface area contributed by atoms with Crippen molar-refractivity contribution in [1.29, 1.82) is 0 Å². The van der Waals surface area contributed by atoms with Crippen LogP contribution in [0, 0.1) is 6.92 Å². The molecule has 2 heterocycles. The normalized spacial score (nSPS) is 10.4. The molecule has 5 nitrogen and oxygen atoms in total. The number of hydrogen-bond acceptors (Lipinski definition) is 4. The lowest BCUT2D eigenvalue weighted by Crippen LogP contribution is -1.94. The van der Waals surface area contributed by atoms with Crippen LogP contribution in [0.5, 0.6) is 0 Å². The summed E-state index contributed by atoms with van der Waals surface area (Å²) in [5.74, 6) is 0.726. The molecule has 2 aromatic heterocycles. The number of carbonyl (C=O) groups is 1. The van der Waals surface area contributed by atoms with Gasteiger partial charge in [-0.15, -0.1) is 10.2 Å². The van der Waals surface area contributed by atoms with Gasteiger partial charge in [-0.05, 0) is 12.5 Å². The molecule has 0 saturated carbocycles. The van der Waals surface area contributed by atoms with E-state index in [0.717, 1.165) is 5.56 Å². The highest BCUT2D eigenvalue weighted by Crippen LogP contribution is 2.00. The van der Waals surface area contributed by atoms with Gasteiger partial charge in [-0.3, -0.25) is 9.20 Å². The summed E-state index contributed by atoms with van der Waals surface area (Å²) >= 11 is 0. The monoisotopic (exact) mass is 162 g/mol. The molecule has 0 unspecified atom stereocenters. The minimum atomic E-state index is 0.279. The number of aldehydes is 1. The second-order valence-electron chi connectivity index (χ2n) is 2.48. The first-order chi connectivity index (χ1) is 5.81. The van der Waals surface area contributed by atoms with E-state index in [-0.39, 0.29) is 5.82 Å². The van der Waals surface area contributed by atoms with E-state index in [1.165, 1.54) is 0 Å². The summed E-state index contributed by atoms with van der Waals surface area (Å²) in [4.78, 5) is 14.4. The van der Waals surface area contributed by atoms with Gasteiger partial charge in [0, 0.05) is 12.4 Å². The average molecular weight is 162 g/mol. The van der Waals surface area contributed by atoms with Crippen molar-refractivity contribution in [2.45, 2.75) is 6.92 Å². The number of fused-ring (bicyclic) bond motifs is 1. The fraction of sp³-hybridized carbons (Fsp3) is 0.143. The average Bonchev–Trinajstić information content (AvgIpc) is 2.46. The molecule has 0 amide bonds. The Labute approximate surface area is 68.1 Å². The largest absolute Gasteiger partial charge is 0.294 e. The Kier molecular flexibility index (Phi) is 1.36. The van der Waals surface area contributed by atoms with Crippen LogP contribution >= 0.6 is 0 Å². The predicted molar refractivity (Wildman–Crippen MR) is 40.9 cm³/mol. The molecule has 0 bridgehead atoms. The number of nitrogens with zero attached hydrogens (tertiary/aromatic N) is 4. The standard InChI is InChI=1S/C7H6N4O/c1-5-2-8-7-10-9-6(4-12)11(7)3-5/h2-4H,1H3. The van der Waals surface area contributed by atoms with E-state index in [1.54, 1.807) is 16.8 Å². The lowest BCUT2D eigenvalue weighted by atomic mass is 10.4. The zero-order valence-corrected chi connectivity index (χ0v) is 6.43. The Morgan fingerprint density at radius 2 is 2.33 bits per heavy atom. The van der Waals surface area contributed by atoms with E-state index in [4.69, 9.17) is 0 Å². The molecular formula is C7H6N4O. The summed E-state index contributed by atoms with van der Waals surface area (Å²) in [5, 5.41) is 7.34. The van der Waals surface area contributed by atoms with Gasteiger partial charge in [0.25, 0.3) is 5.78 Å². The third-order valence-electron chi connectivity index (χ3n) is 1.53. The van der Waals surface area contributed by atoms with Crippen molar-refractivity contribution in [3.05, 3.63) is 23.8 Å². The maximum Gasteiger partial charge on any atom is 0.255 e. The van der Waals surface area contributed by atoms with Crippen LogP contribution in [0.1, 0.15) is 16.2 Å². The van der Waals surface area contributed by atoms with Gasteiger partial charge < -0.3 is 0 Å². The van der Waals surface area contributed by atoms with Crippen molar-refractivity contribution in [2.75, 3.05) is 0 Å². The van der Waals surface area contributed by atoms with Gasteiger partial charge in [0.05, 0.1) is 0 Å². The van der Waals surface area contributed by atoms with Crippen LogP contribution in [0.15, 0.2) is 12.4 Å². The molecule has 0 aliphatic heterocycles. The van der Waals surface area contributed by atoms with Crippen LogP contribution in [0.2, 0.25) is 0 Å². The van der Waals surface area contributed by atoms with Gasteiger partial charge in [-0.2, -0.15) is 0 Å². The van der Waals surface area contributed by atoms with E-state index >= 15 is 0 Å². The maximum absolute atomic E-state index is 10.4. The predicted octanol–water partition coefficient (Wildman–Crippen LogP) is 0.245. The summed E-state index contributed by atoms with van der Waals surface area (Å²) in [6, 6.07) is 0. The first-order valence-electron chi connectivity index (χ1n) is 3.44. The Morgan fingerprint density at radius 1 is 1.50 bits per heavy atom. The molecule has 0 aromatic carbocycles. The van der Waals surface area contributed by atoms with Gasteiger partial charge in [0.2, 0.25) is 5.82 Å². The van der Waals surface area contributed by atoms with Crippen molar-refractivity contribution in [3.8, 4) is 0 Å². The lowest BCUT2D eigenvalue weighted by molar-refractivity contribution is 0.111. The van der Waals surface area contributed by atoms with E-state index in [1.807, 2.05) is 6.92 Å². The molecule has 0 aliphatic rings. The van der Waals surface area contributed by atoms with Gasteiger partial charge in [-0.25, -0.2) is 4.98 Å². The van der Waals surface area contributed by atoms with Crippen molar-refractivity contribution in [3.63, 3.8) is 0 Å². The summed E-state index contributed by atoms with van der Waals surface area (Å²) in [6.07, 6.45) is 4.10. The molecule has 5 heteroatoms. The first-order valence-corrected chi connectivity index (χ1v) is 3.44. The van der Waals surface area contributed by atoms with Crippen LogP contribution in [-0.4, -0.2) is 25.9 Å². The molecule has 0 N–H and O–H groups in total. The topological polar surface area (TPSA) is 60.2 Å². The smallest absolute Gasteiger partial charge is 0.255 e. The SMILES string of the molecule is Cc1cnc2nnc(C=O)n2c1. The summed E-state index contributed by atoms with van der Waals surface area (Å²) in [5.41, 5.74) is 0.963. The Morgan fingerprint density at radius 3 is 3.08 bits per heavy atom. The molecular weight excluding hydrogens is 156 g/mol. The third-order valence-corrected chi connectivity index (χ3v) is 1.53. The molecule has 60 valence electrons. The fourth-order valence-electron chi connectivity index (χ4n) is 0.984.